The molecule has 1 amide bonds. The standard InChI is InChI=1S/C19H28ClN3O/c1-19(2,13-15-4-3-5-16(20)12-15)18(24)23-10-8-22(9-11-23)17-6-7-21-14-17/h3-5,12,17,21H,6-11,13-14H2,1-2H3. The Balaban J connectivity index is 1.57. The van der Waals surface area contributed by atoms with Crippen LogP contribution in [-0.2, 0) is 11.2 Å². The van der Waals surface area contributed by atoms with E-state index in [1.165, 1.54) is 6.42 Å². The van der Waals surface area contributed by atoms with Crippen LogP contribution in [0.2, 0.25) is 5.02 Å². The first-order valence-electron chi connectivity index (χ1n) is 8.94. The molecule has 1 atom stereocenters. The summed E-state index contributed by atoms with van der Waals surface area (Å²) in [6.07, 6.45) is 1.95. The summed E-state index contributed by atoms with van der Waals surface area (Å²) in [6, 6.07) is 8.48. The van der Waals surface area contributed by atoms with Crippen LogP contribution in [-0.4, -0.2) is 61.0 Å². The van der Waals surface area contributed by atoms with Crippen LogP contribution in [0.5, 0.6) is 0 Å². The molecule has 1 aromatic carbocycles. The topological polar surface area (TPSA) is 35.6 Å². The van der Waals surface area contributed by atoms with Gasteiger partial charge in [-0.3, -0.25) is 9.69 Å². The SMILES string of the molecule is CC(C)(Cc1cccc(Cl)c1)C(=O)N1CCN(C2CCNC2)CC1. The van der Waals surface area contributed by atoms with Gasteiger partial charge < -0.3 is 10.2 Å². The van der Waals surface area contributed by atoms with Crippen molar-refractivity contribution in [1.29, 1.82) is 0 Å². The monoisotopic (exact) mass is 349 g/mol. The maximum Gasteiger partial charge on any atom is 0.228 e. The number of amides is 1. The van der Waals surface area contributed by atoms with E-state index < -0.39 is 5.41 Å². The predicted molar refractivity (Wildman–Crippen MR) is 98.4 cm³/mol. The Labute approximate surface area is 150 Å². The van der Waals surface area contributed by atoms with E-state index in [1.54, 1.807) is 0 Å². The predicted octanol–water partition coefficient (Wildman–Crippen LogP) is 2.41. The van der Waals surface area contributed by atoms with Crippen LogP contribution in [0.3, 0.4) is 0 Å². The summed E-state index contributed by atoms with van der Waals surface area (Å²) in [5.74, 6) is 0.256. The Bertz CT molecular complexity index is 576. The lowest BCUT2D eigenvalue weighted by molar-refractivity contribution is -0.142. The molecule has 5 heteroatoms. The first-order valence-corrected chi connectivity index (χ1v) is 9.32. The lowest BCUT2D eigenvalue weighted by Gasteiger charge is -2.40. The number of hydrogen-bond donors (Lipinski definition) is 1. The molecule has 0 aliphatic carbocycles. The minimum atomic E-state index is -0.401. The molecule has 0 bridgehead atoms. The van der Waals surface area contributed by atoms with E-state index in [4.69, 9.17) is 11.6 Å². The van der Waals surface area contributed by atoms with Crippen LogP contribution >= 0.6 is 11.6 Å². The summed E-state index contributed by atoms with van der Waals surface area (Å²) < 4.78 is 0. The third kappa shape index (κ3) is 4.11. The van der Waals surface area contributed by atoms with Crippen LogP contribution < -0.4 is 5.32 Å². The van der Waals surface area contributed by atoms with Gasteiger partial charge in [-0.15, -0.1) is 0 Å². The highest BCUT2D eigenvalue weighted by Crippen LogP contribution is 2.27. The lowest BCUT2D eigenvalue weighted by atomic mass is 9.84. The number of carbonyl (C=O) groups is 1. The molecule has 24 heavy (non-hydrogen) atoms. The number of nitrogens with zero attached hydrogens (tertiary/aromatic N) is 2. The summed E-state index contributed by atoms with van der Waals surface area (Å²) in [5, 5.41) is 4.16. The number of rotatable bonds is 4. The molecule has 4 nitrogen and oxygen atoms in total. The molecule has 3 rings (SSSR count). The highest BCUT2D eigenvalue weighted by atomic mass is 35.5. The molecule has 2 saturated heterocycles. The van der Waals surface area contributed by atoms with Crippen molar-refractivity contribution in [2.45, 2.75) is 32.7 Å². The van der Waals surface area contributed by atoms with E-state index in [0.29, 0.717) is 6.04 Å². The van der Waals surface area contributed by atoms with Crippen molar-refractivity contribution in [2.75, 3.05) is 39.3 Å². The van der Waals surface area contributed by atoms with Gasteiger partial charge in [-0.2, -0.15) is 0 Å². The molecule has 132 valence electrons. The Morgan fingerprint density at radius 1 is 1.29 bits per heavy atom. The highest BCUT2D eigenvalue weighted by molar-refractivity contribution is 6.30. The maximum atomic E-state index is 13.0. The molecule has 2 fully saturated rings. The van der Waals surface area contributed by atoms with E-state index >= 15 is 0 Å². The maximum absolute atomic E-state index is 13.0. The molecular formula is C19H28ClN3O. The second kappa shape index (κ2) is 7.42. The molecule has 0 saturated carbocycles. The van der Waals surface area contributed by atoms with E-state index in [0.717, 1.165) is 56.3 Å². The lowest BCUT2D eigenvalue weighted by Crippen LogP contribution is -2.55. The molecule has 0 spiro atoms. The van der Waals surface area contributed by atoms with Crippen LogP contribution in [0, 0.1) is 5.41 Å². The van der Waals surface area contributed by atoms with Gasteiger partial charge in [-0.25, -0.2) is 0 Å². The quantitative estimate of drug-likeness (QED) is 0.906. The number of halogens is 1. The summed E-state index contributed by atoms with van der Waals surface area (Å²) in [7, 11) is 0. The minimum Gasteiger partial charge on any atom is -0.340 e. The van der Waals surface area contributed by atoms with Crippen molar-refractivity contribution in [3.63, 3.8) is 0 Å². The van der Waals surface area contributed by atoms with Crippen molar-refractivity contribution < 1.29 is 4.79 Å². The molecule has 2 heterocycles. The van der Waals surface area contributed by atoms with Crippen molar-refractivity contribution in [3.8, 4) is 0 Å². The first kappa shape index (κ1) is 17.7. The molecular weight excluding hydrogens is 322 g/mol. The average Bonchev–Trinajstić information content (AvgIpc) is 3.08. The Morgan fingerprint density at radius 3 is 2.67 bits per heavy atom. The third-order valence-electron chi connectivity index (χ3n) is 5.27. The minimum absolute atomic E-state index is 0.256. The number of nitrogens with one attached hydrogen (secondary N) is 1. The zero-order valence-electron chi connectivity index (χ0n) is 14.7. The van der Waals surface area contributed by atoms with Gasteiger partial charge in [-0.1, -0.05) is 37.6 Å². The average molecular weight is 350 g/mol. The smallest absolute Gasteiger partial charge is 0.228 e. The second-order valence-electron chi connectivity index (χ2n) is 7.67. The van der Waals surface area contributed by atoms with Gasteiger partial charge in [0.25, 0.3) is 0 Å². The molecule has 1 unspecified atom stereocenters. The molecule has 1 N–H and O–H groups in total. The fourth-order valence-electron chi connectivity index (χ4n) is 3.90. The van der Waals surface area contributed by atoms with Crippen LogP contribution in [0.1, 0.15) is 25.8 Å². The number of hydrogen-bond acceptors (Lipinski definition) is 3. The van der Waals surface area contributed by atoms with Gasteiger partial charge in [0.15, 0.2) is 0 Å². The normalized spacial score (nSPS) is 22.8. The van der Waals surface area contributed by atoms with Gasteiger partial charge in [0.2, 0.25) is 5.91 Å². The van der Waals surface area contributed by atoms with Gasteiger partial charge in [0.05, 0.1) is 0 Å². The summed E-state index contributed by atoms with van der Waals surface area (Å²) >= 11 is 6.07. The van der Waals surface area contributed by atoms with E-state index in [9.17, 15) is 4.79 Å². The zero-order chi connectivity index (χ0) is 17.2. The highest BCUT2D eigenvalue weighted by Gasteiger charge is 2.35. The van der Waals surface area contributed by atoms with Gasteiger partial charge in [0, 0.05) is 49.2 Å². The fourth-order valence-corrected chi connectivity index (χ4v) is 4.12. The Morgan fingerprint density at radius 2 is 2.04 bits per heavy atom. The van der Waals surface area contributed by atoms with Gasteiger partial charge >= 0.3 is 0 Å². The van der Waals surface area contributed by atoms with E-state index in [1.807, 2.05) is 43.0 Å². The Kier molecular flexibility index (Phi) is 5.48. The largest absolute Gasteiger partial charge is 0.340 e. The number of carbonyl (C=O) groups excluding carboxylic acids is 1. The summed E-state index contributed by atoms with van der Waals surface area (Å²) in [6.45, 7) is 9.97. The molecule has 2 aliphatic heterocycles. The zero-order valence-corrected chi connectivity index (χ0v) is 15.5. The fraction of sp³-hybridized carbons (Fsp3) is 0.632. The van der Waals surface area contributed by atoms with E-state index in [-0.39, 0.29) is 5.91 Å². The first-order chi connectivity index (χ1) is 11.5. The van der Waals surface area contributed by atoms with Crippen molar-refractivity contribution in [1.82, 2.24) is 15.1 Å². The summed E-state index contributed by atoms with van der Waals surface area (Å²) in [4.78, 5) is 17.6. The molecule has 0 aromatic heterocycles. The third-order valence-corrected chi connectivity index (χ3v) is 5.50. The molecule has 0 radical (unpaired) electrons. The second-order valence-corrected chi connectivity index (χ2v) is 8.10. The van der Waals surface area contributed by atoms with E-state index in [2.05, 4.69) is 10.2 Å². The van der Waals surface area contributed by atoms with Crippen molar-refractivity contribution in [2.24, 2.45) is 5.41 Å². The summed E-state index contributed by atoms with van der Waals surface area (Å²) in [5.41, 5.74) is 0.721. The van der Waals surface area contributed by atoms with Crippen LogP contribution in [0.25, 0.3) is 0 Å². The van der Waals surface area contributed by atoms with Crippen molar-refractivity contribution >= 4 is 17.5 Å². The Hall–Kier alpha value is -1.10. The van der Waals surface area contributed by atoms with Gasteiger partial charge in [0.1, 0.15) is 0 Å². The van der Waals surface area contributed by atoms with Crippen LogP contribution in [0.15, 0.2) is 24.3 Å². The number of benzene rings is 1. The van der Waals surface area contributed by atoms with Crippen LogP contribution in [0.4, 0.5) is 0 Å². The van der Waals surface area contributed by atoms with Gasteiger partial charge in [-0.05, 0) is 37.1 Å². The van der Waals surface area contributed by atoms with Crippen molar-refractivity contribution in [3.05, 3.63) is 34.9 Å². The molecule has 1 aromatic rings. The number of piperazine rings is 1. The molecule has 2 aliphatic rings.